The molecule has 0 atom stereocenters. The first-order chi connectivity index (χ1) is 15.8. The van der Waals surface area contributed by atoms with Crippen molar-refractivity contribution in [1.82, 2.24) is 4.90 Å². The molecule has 0 radical (unpaired) electrons. The molecule has 0 saturated carbocycles. The third-order valence-electron chi connectivity index (χ3n) is 4.70. The molecule has 1 aliphatic rings. The molecule has 2 aromatic carbocycles. The van der Waals surface area contributed by atoms with E-state index in [1.807, 2.05) is 37.3 Å². The van der Waals surface area contributed by atoms with Crippen LogP contribution in [0.25, 0.3) is 0 Å². The number of carboxylic acids is 1. The summed E-state index contributed by atoms with van der Waals surface area (Å²) in [6.45, 7) is 2.61. The Kier molecular flexibility index (Phi) is 8.07. The van der Waals surface area contributed by atoms with Gasteiger partial charge in [0.1, 0.15) is 21.4 Å². The molecule has 3 rings (SSSR count). The zero-order chi connectivity index (χ0) is 24.0. The van der Waals surface area contributed by atoms with Gasteiger partial charge in [0, 0.05) is 18.7 Å². The number of carbonyl (C=O) groups is 3. The highest BCUT2D eigenvalue weighted by molar-refractivity contribution is 8.26. The average molecular weight is 487 g/mol. The number of carbonyl (C=O) groups excluding carboxylic acids is 2. The zero-order valence-electron chi connectivity index (χ0n) is 17.7. The van der Waals surface area contributed by atoms with Crippen molar-refractivity contribution in [3.63, 3.8) is 0 Å². The third-order valence-corrected chi connectivity index (χ3v) is 6.13. The largest absolute Gasteiger partial charge is 0.507 e. The van der Waals surface area contributed by atoms with E-state index < -0.39 is 17.6 Å². The summed E-state index contributed by atoms with van der Waals surface area (Å²) in [6.07, 6.45) is 2.35. The Labute approximate surface area is 200 Å². The number of allylic oxidation sites excluding steroid dienone is 1. The van der Waals surface area contributed by atoms with E-state index in [4.69, 9.17) is 22.1 Å². The molecule has 0 spiro atoms. The molecule has 172 valence electrons. The number of ether oxygens (including phenoxy) is 1. The number of benzene rings is 2. The number of phenols is 1. The number of hydrogen-bond acceptors (Lipinski definition) is 7. The first-order valence-electron chi connectivity index (χ1n) is 10.1. The molecule has 1 saturated heterocycles. The summed E-state index contributed by atoms with van der Waals surface area (Å²) in [6, 6.07) is 11.4. The number of nitrogens with zero attached hydrogens (tertiary/aromatic N) is 1. The Balaban J connectivity index is 1.55. The van der Waals surface area contributed by atoms with Gasteiger partial charge >= 0.3 is 5.97 Å². The summed E-state index contributed by atoms with van der Waals surface area (Å²) in [7, 11) is 0. The van der Waals surface area contributed by atoms with Crippen LogP contribution >= 0.6 is 24.0 Å². The molecule has 1 heterocycles. The molecule has 8 nitrogen and oxygen atoms in total. The number of carboxylic acid groups (broad SMARTS) is 1. The van der Waals surface area contributed by atoms with Crippen LogP contribution in [-0.2, 0) is 16.0 Å². The lowest BCUT2D eigenvalue weighted by molar-refractivity contribution is -0.122. The van der Waals surface area contributed by atoms with Crippen LogP contribution in [0, 0.1) is 0 Å². The Morgan fingerprint density at radius 3 is 2.61 bits per heavy atom. The van der Waals surface area contributed by atoms with Gasteiger partial charge in [-0.15, -0.1) is 0 Å². The number of amides is 2. The molecule has 0 unspecified atom stereocenters. The third kappa shape index (κ3) is 6.33. The molecular formula is C23H22N2O6S2. The quantitative estimate of drug-likeness (QED) is 0.278. The van der Waals surface area contributed by atoms with E-state index in [9.17, 15) is 19.5 Å². The van der Waals surface area contributed by atoms with Crippen molar-refractivity contribution in [2.75, 3.05) is 18.5 Å². The van der Waals surface area contributed by atoms with Crippen molar-refractivity contribution in [2.45, 2.75) is 19.8 Å². The molecule has 3 N–H and O–H groups in total. The highest BCUT2D eigenvalue weighted by Crippen LogP contribution is 2.31. The molecule has 2 aromatic rings. The Morgan fingerprint density at radius 1 is 1.21 bits per heavy atom. The fourth-order valence-electron chi connectivity index (χ4n) is 3.05. The van der Waals surface area contributed by atoms with Crippen LogP contribution in [0.2, 0.25) is 0 Å². The predicted molar refractivity (Wildman–Crippen MR) is 130 cm³/mol. The maximum atomic E-state index is 12.7. The van der Waals surface area contributed by atoms with Gasteiger partial charge in [-0.1, -0.05) is 42.2 Å². The summed E-state index contributed by atoms with van der Waals surface area (Å²) >= 11 is 6.49. The molecule has 33 heavy (non-hydrogen) atoms. The summed E-state index contributed by atoms with van der Waals surface area (Å²) in [5, 5.41) is 21.2. The second kappa shape index (κ2) is 11.0. The molecule has 0 aromatic heterocycles. The first-order valence-corrected chi connectivity index (χ1v) is 11.3. The van der Waals surface area contributed by atoms with Gasteiger partial charge in [0.15, 0.2) is 0 Å². The highest BCUT2D eigenvalue weighted by Gasteiger charge is 2.31. The number of thioether (sulfide) groups is 1. The van der Waals surface area contributed by atoms with Crippen LogP contribution in [0.5, 0.6) is 11.5 Å². The smallest absolute Gasteiger partial charge is 0.339 e. The monoisotopic (exact) mass is 486 g/mol. The fraction of sp³-hybridized carbons (Fsp3) is 0.217. The Bertz CT molecular complexity index is 1110. The molecule has 0 aliphatic carbocycles. The summed E-state index contributed by atoms with van der Waals surface area (Å²) < 4.78 is 5.80. The zero-order valence-corrected chi connectivity index (χ0v) is 19.4. The minimum Gasteiger partial charge on any atom is -0.507 e. The van der Waals surface area contributed by atoms with E-state index in [1.54, 1.807) is 0 Å². The molecule has 10 heteroatoms. The minimum atomic E-state index is -1.31. The summed E-state index contributed by atoms with van der Waals surface area (Å²) in [4.78, 5) is 38.0. The van der Waals surface area contributed by atoms with Crippen LogP contribution in [0.15, 0.2) is 53.4 Å². The average Bonchev–Trinajstić information content (AvgIpc) is 3.05. The second-order valence-corrected chi connectivity index (χ2v) is 8.69. The van der Waals surface area contributed by atoms with E-state index in [2.05, 4.69) is 5.32 Å². The van der Waals surface area contributed by atoms with Crippen LogP contribution in [0.3, 0.4) is 0 Å². The van der Waals surface area contributed by atoms with Crippen LogP contribution in [0.1, 0.15) is 29.3 Å². The van der Waals surface area contributed by atoms with Crippen molar-refractivity contribution in [3.05, 3.63) is 64.6 Å². The minimum absolute atomic E-state index is 0.0259. The van der Waals surface area contributed by atoms with Crippen molar-refractivity contribution >= 4 is 51.8 Å². The molecule has 0 bridgehead atoms. The van der Waals surface area contributed by atoms with Crippen molar-refractivity contribution < 1.29 is 29.3 Å². The fourth-order valence-corrected chi connectivity index (χ4v) is 4.33. The topological polar surface area (TPSA) is 116 Å². The van der Waals surface area contributed by atoms with Gasteiger partial charge in [0.2, 0.25) is 5.91 Å². The molecule has 2 amide bonds. The number of thiocarbonyl (C=S) groups is 1. The van der Waals surface area contributed by atoms with Gasteiger partial charge in [0.05, 0.1) is 11.5 Å². The lowest BCUT2D eigenvalue weighted by Gasteiger charge is -2.14. The number of anilines is 1. The van der Waals surface area contributed by atoms with Crippen molar-refractivity contribution in [1.29, 1.82) is 0 Å². The van der Waals surface area contributed by atoms with Gasteiger partial charge in [-0.05, 0) is 49.2 Å². The Morgan fingerprint density at radius 2 is 1.94 bits per heavy atom. The maximum Gasteiger partial charge on any atom is 0.339 e. The number of hydrogen-bond donors (Lipinski definition) is 3. The van der Waals surface area contributed by atoms with Gasteiger partial charge in [-0.25, -0.2) is 4.79 Å². The van der Waals surface area contributed by atoms with E-state index in [1.165, 1.54) is 34.9 Å². The van der Waals surface area contributed by atoms with E-state index in [0.717, 1.165) is 11.3 Å². The van der Waals surface area contributed by atoms with Gasteiger partial charge in [0.25, 0.3) is 5.91 Å². The lowest BCUT2D eigenvalue weighted by atomic mass is 10.1. The number of aromatic hydroxyl groups is 1. The van der Waals surface area contributed by atoms with Gasteiger partial charge < -0.3 is 20.3 Å². The van der Waals surface area contributed by atoms with Gasteiger partial charge in [-0.3, -0.25) is 14.5 Å². The van der Waals surface area contributed by atoms with Crippen molar-refractivity contribution in [2.24, 2.45) is 0 Å². The van der Waals surface area contributed by atoms with E-state index >= 15 is 0 Å². The van der Waals surface area contributed by atoms with E-state index in [0.29, 0.717) is 22.3 Å². The number of aromatic carboxylic acids is 1. The molecular weight excluding hydrogens is 464 g/mol. The first kappa shape index (κ1) is 24.3. The standard InChI is InChI=1S/C23H22N2O6S2/c1-2-31-16-7-3-14(4-8-16)5-10-19-21(28)25(23(32)33-19)12-11-20(27)24-15-6-9-18(26)17(13-15)22(29)30/h3-4,6-10,13,26H,2,5,11-12H2,1H3,(H,24,27)(H,29,30)/b19-10-. The second-order valence-electron chi connectivity index (χ2n) is 7.01. The predicted octanol–water partition coefficient (Wildman–Crippen LogP) is 3.80. The van der Waals surface area contributed by atoms with Crippen LogP contribution in [0.4, 0.5) is 5.69 Å². The lowest BCUT2D eigenvalue weighted by Crippen LogP contribution is -2.31. The number of nitrogens with one attached hydrogen (secondary N) is 1. The van der Waals surface area contributed by atoms with Gasteiger partial charge in [-0.2, -0.15) is 0 Å². The SMILES string of the molecule is CCOc1ccc(C/C=C2\SC(=S)N(CCC(=O)Nc3ccc(O)c(C(=O)O)c3)C2=O)cc1. The summed E-state index contributed by atoms with van der Waals surface area (Å²) in [5.41, 5.74) is 0.941. The van der Waals surface area contributed by atoms with Crippen LogP contribution < -0.4 is 10.1 Å². The Hall–Kier alpha value is -3.37. The van der Waals surface area contributed by atoms with Crippen molar-refractivity contribution in [3.8, 4) is 11.5 Å². The van der Waals surface area contributed by atoms with E-state index in [-0.39, 0.29) is 30.1 Å². The van der Waals surface area contributed by atoms with Crippen LogP contribution in [-0.4, -0.2) is 50.4 Å². The molecule has 1 aliphatic heterocycles. The summed E-state index contributed by atoms with van der Waals surface area (Å²) in [5.74, 6) is -1.57. The maximum absolute atomic E-state index is 12.7. The highest BCUT2D eigenvalue weighted by atomic mass is 32.2. The molecule has 1 fully saturated rings. The normalized spacial score (nSPS) is 14.6. The number of rotatable bonds is 9.